The second-order valence-corrected chi connectivity index (χ2v) is 7.20. The van der Waals surface area contributed by atoms with Crippen molar-refractivity contribution in [2.45, 2.75) is 19.8 Å². The van der Waals surface area contributed by atoms with Crippen LogP contribution in [0.5, 0.6) is 0 Å². The highest BCUT2D eigenvalue weighted by atomic mass is 19.1. The molecule has 0 saturated carbocycles. The molecule has 1 fully saturated rings. The average molecular weight is 408 g/mol. The lowest BCUT2D eigenvalue weighted by Crippen LogP contribution is -2.29. The van der Waals surface area contributed by atoms with Crippen molar-refractivity contribution in [3.63, 3.8) is 0 Å². The van der Waals surface area contributed by atoms with Crippen molar-refractivity contribution in [3.8, 4) is 6.07 Å². The van der Waals surface area contributed by atoms with Crippen molar-refractivity contribution >= 4 is 24.1 Å². The van der Waals surface area contributed by atoms with Crippen molar-refractivity contribution in [1.29, 1.82) is 5.26 Å². The first-order chi connectivity index (χ1) is 14.3. The van der Waals surface area contributed by atoms with Gasteiger partial charge < -0.3 is 14.8 Å². The third-order valence-corrected chi connectivity index (χ3v) is 5.25. The van der Waals surface area contributed by atoms with Gasteiger partial charge in [-0.25, -0.2) is 4.39 Å². The molecule has 8 heteroatoms. The molecule has 3 rings (SSSR count). The zero-order chi connectivity index (χ0) is 21.8. The van der Waals surface area contributed by atoms with Crippen molar-refractivity contribution in [2.24, 2.45) is 7.05 Å². The number of carbonyl (C=O) groups is 2. The first-order valence-corrected chi connectivity index (χ1v) is 9.44. The van der Waals surface area contributed by atoms with Gasteiger partial charge in [-0.05, 0) is 49.1 Å². The van der Waals surface area contributed by atoms with Crippen LogP contribution in [0.1, 0.15) is 40.0 Å². The Hall–Kier alpha value is -3.73. The zero-order valence-corrected chi connectivity index (χ0v) is 16.7. The molecule has 0 unspecified atom stereocenters. The predicted molar refractivity (Wildman–Crippen MR) is 110 cm³/mol. The highest BCUT2D eigenvalue weighted by molar-refractivity contribution is 6.05. The van der Waals surface area contributed by atoms with Gasteiger partial charge in [0.05, 0.1) is 0 Å². The molecule has 30 heavy (non-hydrogen) atoms. The van der Waals surface area contributed by atoms with Gasteiger partial charge in [0, 0.05) is 37.5 Å². The standard InChI is InChI=1S/C22H21FN4O3/c1-14-16(7-15-3-5-27(13-28)6-4-15)8-18(23)11-20(14)25-22(30)17-9-19(12-24)26(2)21(29)10-17/h7-11,13H,3-6H2,1-2H3,(H,25,30). The second kappa shape index (κ2) is 8.74. The molecule has 2 aromatic rings. The van der Waals surface area contributed by atoms with Crippen LogP contribution in [0.15, 0.2) is 34.6 Å². The summed E-state index contributed by atoms with van der Waals surface area (Å²) in [5.74, 6) is -1.11. The van der Waals surface area contributed by atoms with Crippen LogP contribution in [0.2, 0.25) is 0 Å². The molecular weight excluding hydrogens is 387 g/mol. The maximum absolute atomic E-state index is 14.2. The summed E-state index contributed by atoms with van der Waals surface area (Å²) in [7, 11) is 1.44. The van der Waals surface area contributed by atoms with Crippen LogP contribution < -0.4 is 10.9 Å². The van der Waals surface area contributed by atoms with Crippen LogP contribution in [0.25, 0.3) is 6.08 Å². The lowest BCUT2D eigenvalue weighted by molar-refractivity contribution is -0.118. The van der Waals surface area contributed by atoms with E-state index in [2.05, 4.69) is 5.32 Å². The Morgan fingerprint density at radius 2 is 1.93 bits per heavy atom. The van der Waals surface area contributed by atoms with E-state index < -0.39 is 17.3 Å². The van der Waals surface area contributed by atoms with Crippen molar-refractivity contribution < 1.29 is 14.0 Å². The monoisotopic (exact) mass is 408 g/mol. The molecule has 2 amide bonds. The molecule has 7 nitrogen and oxygen atoms in total. The van der Waals surface area contributed by atoms with E-state index in [4.69, 9.17) is 5.26 Å². The van der Waals surface area contributed by atoms with Gasteiger partial charge in [0.15, 0.2) is 0 Å². The van der Waals surface area contributed by atoms with Crippen LogP contribution in [0, 0.1) is 24.1 Å². The molecule has 1 aliphatic rings. The number of nitriles is 1. The molecule has 1 aliphatic heterocycles. The van der Waals surface area contributed by atoms with E-state index in [1.165, 1.54) is 25.2 Å². The fourth-order valence-corrected chi connectivity index (χ4v) is 3.33. The number of rotatable bonds is 4. The molecule has 154 valence electrons. The van der Waals surface area contributed by atoms with Crippen molar-refractivity contribution in [1.82, 2.24) is 9.47 Å². The zero-order valence-electron chi connectivity index (χ0n) is 16.7. The lowest BCUT2D eigenvalue weighted by atomic mass is 9.98. The van der Waals surface area contributed by atoms with Gasteiger partial charge in [0.25, 0.3) is 11.5 Å². The molecular formula is C22H21FN4O3. The van der Waals surface area contributed by atoms with Gasteiger partial charge in [-0.1, -0.05) is 11.6 Å². The van der Waals surface area contributed by atoms with E-state index in [1.807, 2.05) is 12.1 Å². The SMILES string of the molecule is Cc1c(C=C2CCN(C=O)CC2)cc(F)cc1NC(=O)c1cc(C#N)n(C)c(=O)c1. The van der Waals surface area contributed by atoms with Crippen LogP contribution in [-0.2, 0) is 11.8 Å². The van der Waals surface area contributed by atoms with Gasteiger partial charge >= 0.3 is 0 Å². The number of amides is 2. The minimum atomic E-state index is -0.601. The summed E-state index contributed by atoms with van der Waals surface area (Å²) in [5.41, 5.74) is 2.30. The fourth-order valence-electron chi connectivity index (χ4n) is 3.33. The molecule has 0 aliphatic carbocycles. The van der Waals surface area contributed by atoms with Gasteiger partial charge in [0.1, 0.15) is 17.6 Å². The molecule has 0 radical (unpaired) electrons. The van der Waals surface area contributed by atoms with Crippen molar-refractivity contribution in [2.75, 3.05) is 18.4 Å². The number of hydrogen-bond acceptors (Lipinski definition) is 4. The Bertz CT molecular complexity index is 1130. The molecule has 1 aromatic heterocycles. The molecule has 1 N–H and O–H groups in total. The normalized spacial score (nSPS) is 13.5. The van der Waals surface area contributed by atoms with E-state index in [-0.39, 0.29) is 16.9 Å². The van der Waals surface area contributed by atoms with Gasteiger partial charge in [0.2, 0.25) is 6.41 Å². The minimum absolute atomic E-state index is 0.0273. The van der Waals surface area contributed by atoms with E-state index >= 15 is 0 Å². The number of hydrogen-bond donors (Lipinski definition) is 1. The smallest absolute Gasteiger partial charge is 0.255 e. The fraction of sp³-hybridized carbons (Fsp3) is 0.273. The second-order valence-electron chi connectivity index (χ2n) is 7.20. The maximum Gasteiger partial charge on any atom is 0.255 e. The van der Waals surface area contributed by atoms with Crippen LogP contribution >= 0.6 is 0 Å². The molecule has 1 saturated heterocycles. The van der Waals surface area contributed by atoms with Crippen LogP contribution in [0.4, 0.5) is 10.1 Å². The highest BCUT2D eigenvalue weighted by Gasteiger charge is 2.16. The van der Waals surface area contributed by atoms with Gasteiger partial charge in [-0.15, -0.1) is 0 Å². The quantitative estimate of drug-likeness (QED) is 0.787. The van der Waals surface area contributed by atoms with Gasteiger partial charge in [-0.2, -0.15) is 5.26 Å². The lowest BCUT2D eigenvalue weighted by Gasteiger charge is -2.24. The first kappa shape index (κ1) is 21.0. The summed E-state index contributed by atoms with van der Waals surface area (Å²) in [4.78, 5) is 37.1. The minimum Gasteiger partial charge on any atom is -0.345 e. The van der Waals surface area contributed by atoms with E-state index in [0.717, 1.165) is 22.6 Å². The number of aromatic nitrogens is 1. The Labute approximate surface area is 173 Å². The largest absolute Gasteiger partial charge is 0.345 e. The Morgan fingerprint density at radius 3 is 2.57 bits per heavy atom. The topological polar surface area (TPSA) is 95.2 Å². The number of nitrogens with zero attached hydrogens (tertiary/aromatic N) is 3. The number of benzene rings is 1. The first-order valence-electron chi connectivity index (χ1n) is 9.44. The molecule has 0 atom stereocenters. The summed E-state index contributed by atoms with van der Waals surface area (Å²) >= 11 is 0. The van der Waals surface area contributed by atoms with Crippen molar-refractivity contribution in [3.05, 3.63) is 68.4 Å². The molecule has 1 aromatic carbocycles. The molecule has 0 spiro atoms. The summed E-state index contributed by atoms with van der Waals surface area (Å²) in [5, 5.41) is 11.8. The summed E-state index contributed by atoms with van der Waals surface area (Å²) in [6.07, 6.45) is 4.13. The Morgan fingerprint density at radius 1 is 1.23 bits per heavy atom. The Kier molecular flexibility index (Phi) is 6.11. The van der Waals surface area contributed by atoms with E-state index in [0.29, 0.717) is 37.1 Å². The highest BCUT2D eigenvalue weighted by Crippen LogP contribution is 2.26. The Balaban J connectivity index is 1.88. The van der Waals surface area contributed by atoms with Crippen LogP contribution in [0.3, 0.4) is 0 Å². The number of nitrogens with one attached hydrogen (secondary N) is 1. The van der Waals surface area contributed by atoms with E-state index in [9.17, 15) is 18.8 Å². The number of likely N-dealkylation sites (tertiary alicyclic amines) is 1. The van der Waals surface area contributed by atoms with E-state index in [1.54, 1.807) is 11.8 Å². The summed E-state index contributed by atoms with van der Waals surface area (Å²) in [6, 6.07) is 6.93. The number of carbonyl (C=O) groups excluding carboxylic acids is 2. The predicted octanol–water partition coefficient (Wildman–Crippen LogP) is 2.59. The van der Waals surface area contributed by atoms with Crippen LogP contribution in [-0.4, -0.2) is 34.9 Å². The number of halogens is 1. The third kappa shape index (κ3) is 4.46. The summed E-state index contributed by atoms with van der Waals surface area (Å²) < 4.78 is 15.4. The third-order valence-electron chi connectivity index (χ3n) is 5.25. The summed E-state index contributed by atoms with van der Waals surface area (Å²) in [6.45, 7) is 3.02. The molecule has 2 heterocycles. The molecule has 0 bridgehead atoms. The number of piperidine rings is 1. The number of anilines is 1. The number of pyridine rings is 1. The van der Waals surface area contributed by atoms with Gasteiger partial charge in [-0.3, -0.25) is 14.4 Å². The average Bonchev–Trinajstić information content (AvgIpc) is 2.73. The maximum atomic E-state index is 14.2.